The van der Waals surface area contributed by atoms with Gasteiger partial charge in [0.1, 0.15) is 23.8 Å². The number of aliphatic hydroxyl groups is 1. The first kappa shape index (κ1) is 28.7. The predicted octanol–water partition coefficient (Wildman–Crippen LogP) is 5.01. The molecular weight excluding hydrogens is 478 g/mol. The predicted molar refractivity (Wildman–Crippen MR) is 139 cm³/mol. The van der Waals surface area contributed by atoms with E-state index in [-0.39, 0.29) is 31.1 Å². The maximum atomic E-state index is 13.7. The van der Waals surface area contributed by atoms with Gasteiger partial charge in [-0.25, -0.2) is 8.78 Å². The third kappa shape index (κ3) is 9.52. The molecule has 1 unspecified atom stereocenters. The molecule has 6 nitrogen and oxygen atoms in total. The van der Waals surface area contributed by atoms with Crippen molar-refractivity contribution < 1.29 is 28.2 Å². The highest BCUT2D eigenvalue weighted by atomic mass is 19.1. The molecule has 2 aromatic rings. The van der Waals surface area contributed by atoms with Crippen molar-refractivity contribution in [2.24, 2.45) is 0 Å². The van der Waals surface area contributed by atoms with Crippen molar-refractivity contribution in [3.05, 3.63) is 65.5 Å². The SMILES string of the molecule is CCCCOc1ccc([C@@H](O)[C@@H](CN2CCC(F)C2)NC(=O)CCCCC(=O)c2ccc(F)cc2)cc1. The first-order valence-corrected chi connectivity index (χ1v) is 13.2. The Kier molecular flexibility index (Phi) is 11.5. The second kappa shape index (κ2) is 14.8. The van der Waals surface area contributed by atoms with E-state index in [9.17, 15) is 23.5 Å². The second-order valence-electron chi connectivity index (χ2n) is 9.67. The van der Waals surface area contributed by atoms with Crippen LogP contribution in [0, 0.1) is 5.82 Å². The number of likely N-dealkylation sites (tertiary alicyclic amines) is 1. The van der Waals surface area contributed by atoms with Crippen LogP contribution in [0.2, 0.25) is 0 Å². The van der Waals surface area contributed by atoms with Crippen molar-refractivity contribution in [1.29, 1.82) is 0 Å². The fourth-order valence-electron chi connectivity index (χ4n) is 4.41. The molecule has 0 saturated carbocycles. The number of aliphatic hydroxyl groups excluding tert-OH is 1. The van der Waals surface area contributed by atoms with Gasteiger partial charge in [-0.1, -0.05) is 25.5 Å². The van der Waals surface area contributed by atoms with Gasteiger partial charge in [-0.05, 0) is 67.6 Å². The van der Waals surface area contributed by atoms with Gasteiger partial charge in [0, 0.05) is 38.0 Å². The topological polar surface area (TPSA) is 78.9 Å². The van der Waals surface area contributed by atoms with E-state index in [1.54, 1.807) is 24.3 Å². The number of hydrogen-bond acceptors (Lipinski definition) is 5. The summed E-state index contributed by atoms with van der Waals surface area (Å²) < 4.78 is 32.5. The summed E-state index contributed by atoms with van der Waals surface area (Å²) in [5.74, 6) is 0.0107. The number of amides is 1. The number of ether oxygens (including phenoxy) is 1. The van der Waals surface area contributed by atoms with Crippen LogP contribution in [0.1, 0.15) is 73.9 Å². The van der Waals surface area contributed by atoms with E-state index in [0.717, 1.165) is 18.6 Å². The van der Waals surface area contributed by atoms with Gasteiger partial charge in [0.15, 0.2) is 5.78 Å². The van der Waals surface area contributed by atoms with Gasteiger partial charge in [-0.3, -0.25) is 14.5 Å². The molecular formula is C29H38F2N2O4. The van der Waals surface area contributed by atoms with E-state index in [0.29, 0.717) is 50.1 Å². The minimum Gasteiger partial charge on any atom is -0.494 e. The number of nitrogens with zero attached hydrogens (tertiary/aromatic N) is 1. The number of ketones is 1. The molecule has 8 heteroatoms. The molecule has 202 valence electrons. The van der Waals surface area contributed by atoms with Crippen LogP contribution in [0.5, 0.6) is 5.75 Å². The van der Waals surface area contributed by atoms with Gasteiger partial charge in [0.2, 0.25) is 5.91 Å². The summed E-state index contributed by atoms with van der Waals surface area (Å²) >= 11 is 0. The van der Waals surface area contributed by atoms with Gasteiger partial charge in [-0.15, -0.1) is 0 Å². The Balaban J connectivity index is 1.52. The quantitative estimate of drug-likeness (QED) is 0.257. The van der Waals surface area contributed by atoms with Crippen LogP contribution in [0.15, 0.2) is 48.5 Å². The summed E-state index contributed by atoms with van der Waals surface area (Å²) in [6.07, 6.45) is 2.08. The molecule has 2 aromatic carbocycles. The Morgan fingerprint density at radius 3 is 2.43 bits per heavy atom. The number of Topliss-reactive ketones (excluding diaryl/α,β-unsaturated/α-hetero) is 1. The van der Waals surface area contributed by atoms with Crippen LogP contribution < -0.4 is 10.1 Å². The average molecular weight is 517 g/mol. The molecule has 0 aromatic heterocycles. The molecule has 37 heavy (non-hydrogen) atoms. The van der Waals surface area contributed by atoms with E-state index in [4.69, 9.17) is 4.74 Å². The van der Waals surface area contributed by atoms with Gasteiger partial charge in [0.05, 0.1) is 12.6 Å². The third-order valence-corrected chi connectivity index (χ3v) is 6.61. The summed E-state index contributed by atoms with van der Waals surface area (Å²) in [5.41, 5.74) is 1.10. The Bertz CT molecular complexity index is 984. The molecule has 1 aliphatic rings. The number of benzene rings is 2. The standard InChI is InChI=1S/C29H38F2N2O4/c1-2-3-18-37-25-14-10-22(11-15-25)29(36)26(20-33-17-16-24(31)19-33)32-28(35)7-5-4-6-27(34)21-8-12-23(30)13-9-21/h8-15,24,26,29,36H,2-7,16-20H2,1H3,(H,32,35)/t24?,26-,29-/m1/s1. The Hall–Kier alpha value is -2.84. The van der Waals surface area contributed by atoms with Crippen LogP contribution in [-0.2, 0) is 4.79 Å². The van der Waals surface area contributed by atoms with E-state index < -0.39 is 24.1 Å². The van der Waals surface area contributed by atoms with Crippen molar-refractivity contribution >= 4 is 11.7 Å². The summed E-state index contributed by atoms with van der Waals surface area (Å²) in [6.45, 7) is 3.93. The van der Waals surface area contributed by atoms with Crippen LogP contribution >= 0.6 is 0 Å². The lowest BCUT2D eigenvalue weighted by atomic mass is 10.0. The van der Waals surface area contributed by atoms with Crippen molar-refractivity contribution in [2.75, 3.05) is 26.2 Å². The average Bonchev–Trinajstić information content (AvgIpc) is 3.31. The summed E-state index contributed by atoms with van der Waals surface area (Å²) in [6, 6.07) is 12.0. The number of carbonyl (C=O) groups is 2. The van der Waals surface area contributed by atoms with Crippen molar-refractivity contribution in [3.8, 4) is 5.75 Å². The molecule has 0 spiro atoms. The molecule has 3 rings (SSSR count). The number of halogens is 2. The Labute approximate surface area is 218 Å². The van der Waals surface area contributed by atoms with E-state index in [1.165, 1.54) is 24.3 Å². The highest BCUT2D eigenvalue weighted by molar-refractivity contribution is 5.95. The zero-order valence-corrected chi connectivity index (χ0v) is 21.5. The van der Waals surface area contributed by atoms with Crippen LogP contribution in [0.3, 0.4) is 0 Å². The van der Waals surface area contributed by atoms with Crippen molar-refractivity contribution in [3.63, 3.8) is 0 Å². The minimum atomic E-state index is -0.965. The molecule has 1 aliphatic heterocycles. The monoisotopic (exact) mass is 516 g/mol. The maximum absolute atomic E-state index is 13.7. The molecule has 0 bridgehead atoms. The molecule has 3 atom stereocenters. The molecule has 1 saturated heterocycles. The lowest BCUT2D eigenvalue weighted by molar-refractivity contribution is -0.123. The highest BCUT2D eigenvalue weighted by Gasteiger charge is 2.29. The van der Waals surface area contributed by atoms with Gasteiger partial charge in [-0.2, -0.15) is 0 Å². The van der Waals surface area contributed by atoms with Gasteiger partial charge >= 0.3 is 0 Å². The minimum absolute atomic E-state index is 0.0920. The van der Waals surface area contributed by atoms with Gasteiger partial charge in [0.25, 0.3) is 0 Å². The number of unbranched alkanes of at least 4 members (excludes halogenated alkanes) is 2. The van der Waals surface area contributed by atoms with Crippen LogP contribution in [0.4, 0.5) is 8.78 Å². The first-order valence-electron chi connectivity index (χ1n) is 13.2. The molecule has 0 radical (unpaired) electrons. The fourth-order valence-corrected chi connectivity index (χ4v) is 4.41. The van der Waals surface area contributed by atoms with Gasteiger partial charge < -0.3 is 15.2 Å². The zero-order valence-electron chi connectivity index (χ0n) is 21.5. The first-order chi connectivity index (χ1) is 17.9. The number of hydrogen-bond donors (Lipinski definition) is 2. The second-order valence-corrected chi connectivity index (χ2v) is 9.67. The van der Waals surface area contributed by atoms with Crippen LogP contribution in [-0.4, -0.2) is 60.2 Å². The van der Waals surface area contributed by atoms with Crippen molar-refractivity contribution in [1.82, 2.24) is 10.2 Å². The Morgan fingerprint density at radius 2 is 1.78 bits per heavy atom. The summed E-state index contributed by atoms with van der Waals surface area (Å²) in [7, 11) is 0. The molecule has 0 aliphatic carbocycles. The van der Waals surface area contributed by atoms with E-state index >= 15 is 0 Å². The van der Waals surface area contributed by atoms with E-state index in [1.807, 2.05) is 4.90 Å². The number of alkyl halides is 1. The summed E-state index contributed by atoms with van der Waals surface area (Å²) in [4.78, 5) is 26.9. The third-order valence-electron chi connectivity index (χ3n) is 6.61. The van der Waals surface area contributed by atoms with Crippen molar-refractivity contribution in [2.45, 2.75) is 70.2 Å². The molecule has 2 N–H and O–H groups in total. The summed E-state index contributed by atoms with van der Waals surface area (Å²) in [5, 5.41) is 14.0. The normalized spacial score (nSPS) is 17.4. The smallest absolute Gasteiger partial charge is 0.220 e. The number of nitrogens with one attached hydrogen (secondary N) is 1. The molecule has 1 heterocycles. The Morgan fingerprint density at radius 1 is 1.08 bits per heavy atom. The lowest BCUT2D eigenvalue weighted by Gasteiger charge is -2.29. The largest absolute Gasteiger partial charge is 0.494 e. The molecule has 1 fully saturated rings. The van der Waals surface area contributed by atoms with Crippen LogP contribution in [0.25, 0.3) is 0 Å². The highest BCUT2D eigenvalue weighted by Crippen LogP contribution is 2.23. The maximum Gasteiger partial charge on any atom is 0.220 e. The lowest BCUT2D eigenvalue weighted by Crippen LogP contribution is -2.46. The fraction of sp³-hybridized carbons (Fsp3) is 0.517. The van der Waals surface area contributed by atoms with E-state index in [2.05, 4.69) is 12.2 Å². The number of rotatable bonds is 15. The molecule has 1 amide bonds. The number of carbonyl (C=O) groups excluding carboxylic acids is 2. The zero-order chi connectivity index (χ0) is 26.6.